The van der Waals surface area contributed by atoms with E-state index in [9.17, 15) is 14.3 Å². The molecule has 1 heterocycles. The van der Waals surface area contributed by atoms with Crippen LogP contribution in [0.4, 0.5) is 4.39 Å². The van der Waals surface area contributed by atoms with E-state index in [0.717, 1.165) is 18.4 Å². The SMILES string of the molecule is Cc1oc2ccc(-c3ccc(C4CC4)cc3F)cc2c1C(=O)O. The van der Waals surface area contributed by atoms with Crippen molar-refractivity contribution in [3.05, 3.63) is 59.1 Å². The summed E-state index contributed by atoms with van der Waals surface area (Å²) in [5.74, 6) is -0.459. The van der Waals surface area contributed by atoms with Gasteiger partial charge in [0.25, 0.3) is 0 Å². The number of fused-ring (bicyclic) bond motifs is 1. The summed E-state index contributed by atoms with van der Waals surface area (Å²) in [5, 5.41) is 9.84. The van der Waals surface area contributed by atoms with E-state index in [0.29, 0.717) is 33.8 Å². The van der Waals surface area contributed by atoms with Crippen LogP contribution >= 0.6 is 0 Å². The Kier molecular flexibility index (Phi) is 3.01. The van der Waals surface area contributed by atoms with Gasteiger partial charge < -0.3 is 9.52 Å². The van der Waals surface area contributed by atoms with Gasteiger partial charge in [0.1, 0.15) is 22.7 Å². The average molecular weight is 310 g/mol. The largest absolute Gasteiger partial charge is 0.478 e. The lowest BCUT2D eigenvalue weighted by Gasteiger charge is -2.06. The number of furan rings is 1. The van der Waals surface area contributed by atoms with Crippen molar-refractivity contribution in [2.75, 3.05) is 0 Å². The Bertz CT molecular complexity index is 935. The van der Waals surface area contributed by atoms with Gasteiger partial charge in [0.05, 0.1) is 0 Å². The summed E-state index contributed by atoms with van der Waals surface area (Å²) in [6.07, 6.45) is 2.25. The Balaban J connectivity index is 1.85. The maximum Gasteiger partial charge on any atom is 0.339 e. The minimum Gasteiger partial charge on any atom is -0.478 e. The van der Waals surface area contributed by atoms with Gasteiger partial charge in [0.2, 0.25) is 0 Å². The molecule has 1 aliphatic carbocycles. The van der Waals surface area contributed by atoms with Crippen molar-refractivity contribution < 1.29 is 18.7 Å². The van der Waals surface area contributed by atoms with Crippen LogP contribution < -0.4 is 0 Å². The molecular weight excluding hydrogens is 295 g/mol. The van der Waals surface area contributed by atoms with Crippen LogP contribution in [0.1, 0.15) is 40.4 Å². The third kappa shape index (κ3) is 2.31. The van der Waals surface area contributed by atoms with Crippen LogP contribution in [0, 0.1) is 12.7 Å². The second-order valence-corrected chi connectivity index (χ2v) is 6.06. The predicted molar refractivity (Wildman–Crippen MR) is 85.3 cm³/mol. The monoisotopic (exact) mass is 310 g/mol. The molecule has 0 atom stereocenters. The second-order valence-electron chi connectivity index (χ2n) is 6.06. The minimum absolute atomic E-state index is 0.136. The lowest BCUT2D eigenvalue weighted by Crippen LogP contribution is -1.96. The summed E-state index contributed by atoms with van der Waals surface area (Å²) >= 11 is 0. The lowest BCUT2D eigenvalue weighted by molar-refractivity contribution is 0.0697. The molecule has 116 valence electrons. The van der Waals surface area contributed by atoms with Crippen molar-refractivity contribution >= 4 is 16.9 Å². The van der Waals surface area contributed by atoms with Crippen LogP contribution in [-0.2, 0) is 0 Å². The maximum atomic E-state index is 14.4. The average Bonchev–Trinajstić information content (AvgIpc) is 3.29. The van der Waals surface area contributed by atoms with E-state index in [1.165, 1.54) is 0 Å². The number of carboxylic acids is 1. The molecule has 0 unspecified atom stereocenters. The molecule has 1 aliphatic rings. The molecule has 0 aliphatic heterocycles. The van der Waals surface area contributed by atoms with Gasteiger partial charge in [-0.25, -0.2) is 9.18 Å². The molecule has 0 radical (unpaired) electrons. The highest BCUT2D eigenvalue weighted by Crippen LogP contribution is 2.41. The maximum absolute atomic E-state index is 14.4. The summed E-state index contributed by atoms with van der Waals surface area (Å²) in [5.41, 5.74) is 2.81. The first-order valence-electron chi connectivity index (χ1n) is 7.61. The topological polar surface area (TPSA) is 50.4 Å². The number of benzene rings is 2. The van der Waals surface area contributed by atoms with Gasteiger partial charge >= 0.3 is 5.97 Å². The van der Waals surface area contributed by atoms with E-state index < -0.39 is 5.97 Å². The molecule has 1 fully saturated rings. The van der Waals surface area contributed by atoms with E-state index in [1.54, 1.807) is 37.3 Å². The molecule has 1 saturated carbocycles. The van der Waals surface area contributed by atoms with Crippen LogP contribution in [0.15, 0.2) is 40.8 Å². The van der Waals surface area contributed by atoms with E-state index in [1.807, 2.05) is 6.07 Å². The number of aromatic carboxylic acids is 1. The highest BCUT2D eigenvalue weighted by molar-refractivity contribution is 6.04. The number of halogens is 1. The highest BCUT2D eigenvalue weighted by Gasteiger charge is 2.24. The van der Waals surface area contributed by atoms with Crippen LogP contribution in [0.3, 0.4) is 0 Å². The van der Waals surface area contributed by atoms with Crippen molar-refractivity contribution in [3.63, 3.8) is 0 Å². The molecule has 0 bridgehead atoms. The first kappa shape index (κ1) is 14.0. The normalized spacial score (nSPS) is 14.3. The molecule has 4 rings (SSSR count). The first-order chi connectivity index (χ1) is 11.0. The summed E-state index contributed by atoms with van der Waals surface area (Å²) in [6.45, 7) is 1.62. The Morgan fingerprint density at radius 1 is 1.22 bits per heavy atom. The quantitative estimate of drug-likeness (QED) is 0.730. The lowest BCUT2D eigenvalue weighted by atomic mass is 9.99. The number of hydrogen-bond donors (Lipinski definition) is 1. The number of rotatable bonds is 3. The van der Waals surface area contributed by atoms with Gasteiger partial charge in [-0.3, -0.25) is 0 Å². The zero-order valence-corrected chi connectivity index (χ0v) is 12.6. The molecule has 3 aromatic rings. The molecular formula is C19H15FO3. The Labute approximate surface area is 132 Å². The van der Waals surface area contributed by atoms with Crippen molar-refractivity contribution in [1.29, 1.82) is 0 Å². The number of carbonyl (C=O) groups is 1. The van der Waals surface area contributed by atoms with Gasteiger partial charge in [-0.15, -0.1) is 0 Å². The molecule has 2 aromatic carbocycles. The smallest absolute Gasteiger partial charge is 0.339 e. The summed E-state index contributed by atoms with van der Waals surface area (Å²) in [7, 11) is 0. The van der Waals surface area contributed by atoms with Crippen LogP contribution in [-0.4, -0.2) is 11.1 Å². The van der Waals surface area contributed by atoms with Gasteiger partial charge in [-0.2, -0.15) is 0 Å². The summed E-state index contributed by atoms with van der Waals surface area (Å²) < 4.78 is 19.9. The van der Waals surface area contributed by atoms with Gasteiger partial charge in [0, 0.05) is 10.9 Å². The molecule has 0 saturated heterocycles. The molecule has 0 spiro atoms. The molecule has 1 aromatic heterocycles. The second kappa shape index (κ2) is 4.95. The molecule has 4 heteroatoms. The fourth-order valence-electron chi connectivity index (χ4n) is 3.09. The van der Waals surface area contributed by atoms with E-state index in [4.69, 9.17) is 4.42 Å². The van der Waals surface area contributed by atoms with E-state index in [2.05, 4.69) is 0 Å². The first-order valence-corrected chi connectivity index (χ1v) is 7.61. The highest BCUT2D eigenvalue weighted by atomic mass is 19.1. The molecule has 23 heavy (non-hydrogen) atoms. The number of carboxylic acid groups (broad SMARTS) is 1. The van der Waals surface area contributed by atoms with Gasteiger partial charge in [-0.1, -0.05) is 18.2 Å². The summed E-state index contributed by atoms with van der Waals surface area (Å²) in [4.78, 5) is 11.4. The van der Waals surface area contributed by atoms with Crippen LogP contribution in [0.5, 0.6) is 0 Å². The molecule has 0 amide bonds. The number of aryl methyl sites for hydroxylation is 1. The zero-order chi connectivity index (χ0) is 16.1. The fourth-order valence-corrected chi connectivity index (χ4v) is 3.09. The number of hydrogen-bond acceptors (Lipinski definition) is 2. The van der Waals surface area contributed by atoms with Crippen molar-refractivity contribution in [3.8, 4) is 11.1 Å². The molecule has 3 nitrogen and oxygen atoms in total. The molecule has 1 N–H and O–H groups in total. The predicted octanol–water partition coefficient (Wildman–Crippen LogP) is 5.12. The van der Waals surface area contributed by atoms with E-state index in [-0.39, 0.29) is 11.4 Å². The zero-order valence-electron chi connectivity index (χ0n) is 12.6. The van der Waals surface area contributed by atoms with E-state index >= 15 is 0 Å². The Morgan fingerprint density at radius 3 is 2.65 bits per heavy atom. The van der Waals surface area contributed by atoms with Crippen LogP contribution in [0.2, 0.25) is 0 Å². The van der Waals surface area contributed by atoms with Crippen molar-refractivity contribution in [2.45, 2.75) is 25.7 Å². The van der Waals surface area contributed by atoms with Gasteiger partial charge in [0.15, 0.2) is 0 Å². The fraction of sp³-hybridized carbons (Fsp3) is 0.211. The third-order valence-electron chi connectivity index (χ3n) is 4.43. The van der Waals surface area contributed by atoms with Crippen molar-refractivity contribution in [2.24, 2.45) is 0 Å². The van der Waals surface area contributed by atoms with Crippen molar-refractivity contribution in [1.82, 2.24) is 0 Å². The third-order valence-corrected chi connectivity index (χ3v) is 4.43. The minimum atomic E-state index is -1.04. The standard InChI is InChI=1S/C19H15FO3/c1-10-18(19(21)22)15-8-13(5-7-17(15)23-10)14-6-4-12(9-16(14)20)11-2-3-11/h4-9,11H,2-3H2,1H3,(H,21,22). The summed E-state index contributed by atoms with van der Waals surface area (Å²) in [6, 6.07) is 10.5. The Hall–Kier alpha value is -2.62. The Morgan fingerprint density at radius 2 is 2.00 bits per heavy atom. The van der Waals surface area contributed by atoms with Gasteiger partial charge in [-0.05, 0) is 55.0 Å². The van der Waals surface area contributed by atoms with Crippen LogP contribution in [0.25, 0.3) is 22.1 Å².